The molecule has 0 aromatic heterocycles. The number of hydrogen-bond donors (Lipinski definition) is 4. The predicted molar refractivity (Wildman–Crippen MR) is 229 cm³/mol. The first-order valence-corrected chi connectivity index (χ1v) is 23.3. The fraction of sp³-hybridized carbons (Fsp3) is 0.812. The Kier molecular flexibility index (Phi) is 15.5. The Morgan fingerprint density at radius 2 is 1.59 bits per heavy atom. The minimum Gasteiger partial charge on any atom is -0.462 e. The first kappa shape index (κ1) is 48.8. The van der Waals surface area contributed by atoms with Crippen LogP contribution >= 0.6 is 0 Å². The molecular weight excluding hydrogens is 817 g/mol. The van der Waals surface area contributed by atoms with Crippen molar-refractivity contribution in [3.05, 3.63) is 47.1 Å². The molecule has 0 aromatic carbocycles. The number of hydrogen-bond acceptors (Lipinski definition) is 15. The number of esters is 1. The van der Waals surface area contributed by atoms with Crippen molar-refractivity contribution in [2.75, 3.05) is 20.8 Å². The van der Waals surface area contributed by atoms with Gasteiger partial charge in [0.2, 0.25) is 0 Å². The third kappa shape index (κ3) is 9.98. The molecule has 0 amide bonds. The van der Waals surface area contributed by atoms with Crippen molar-refractivity contribution in [2.45, 2.75) is 204 Å². The van der Waals surface area contributed by atoms with Crippen molar-refractivity contribution in [1.82, 2.24) is 0 Å². The summed E-state index contributed by atoms with van der Waals surface area (Å²) in [5, 5.41) is 45.7. The minimum absolute atomic E-state index is 0.0109. The Labute approximate surface area is 373 Å². The van der Waals surface area contributed by atoms with E-state index in [0.717, 1.165) is 12.0 Å². The van der Waals surface area contributed by atoms with E-state index in [0.29, 0.717) is 36.8 Å². The molecule has 2 bridgehead atoms. The molecule has 9 unspecified atom stereocenters. The van der Waals surface area contributed by atoms with Crippen LogP contribution in [0.1, 0.15) is 100 Å². The molecule has 21 atom stereocenters. The van der Waals surface area contributed by atoms with Gasteiger partial charge in [0.1, 0.15) is 42.0 Å². The lowest BCUT2D eigenvalue weighted by molar-refractivity contribution is -0.354. The van der Waals surface area contributed by atoms with Crippen molar-refractivity contribution >= 4 is 5.97 Å². The van der Waals surface area contributed by atoms with Crippen LogP contribution < -0.4 is 0 Å². The zero-order chi connectivity index (χ0) is 45.5. The third-order valence-corrected chi connectivity index (χ3v) is 15.0. The maximum atomic E-state index is 14.4. The maximum absolute atomic E-state index is 14.4. The van der Waals surface area contributed by atoms with E-state index < -0.39 is 109 Å². The topological polar surface area (TPSA) is 190 Å². The smallest absolute Gasteiger partial charge is 0.316 e. The molecule has 1 aliphatic carbocycles. The highest BCUT2D eigenvalue weighted by Crippen LogP contribution is 2.48. The lowest BCUT2D eigenvalue weighted by atomic mass is 9.71. The Balaban J connectivity index is 1.19. The Morgan fingerprint density at radius 3 is 2.30 bits per heavy atom. The van der Waals surface area contributed by atoms with Gasteiger partial charge in [-0.05, 0) is 56.8 Å². The van der Waals surface area contributed by atoms with E-state index in [1.807, 2.05) is 39.8 Å². The van der Waals surface area contributed by atoms with Crippen molar-refractivity contribution in [3.8, 4) is 0 Å². The van der Waals surface area contributed by atoms with Crippen molar-refractivity contribution in [1.29, 1.82) is 0 Å². The van der Waals surface area contributed by atoms with E-state index in [1.165, 1.54) is 0 Å². The van der Waals surface area contributed by atoms with Crippen LogP contribution in [-0.4, -0.2) is 151 Å². The van der Waals surface area contributed by atoms with E-state index in [4.69, 9.17) is 47.4 Å². The second-order valence-electron chi connectivity index (χ2n) is 19.5. The monoisotopic (exact) mass is 891 g/mol. The van der Waals surface area contributed by atoms with Gasteiger partial charge in [-0.3, -0.25) is 4.79 Å². The largest absolute Gasteiger partial charge is 0.462 e. The average Bonchev–Trinajstić information content (AvgIpc) is 3.59. The Hall–Kier alpha value is -2.09. The molecule has 6 heterocycles. The molecule has 1 spiro atoms. The first-order chi connectivity index (χ1) is 29.9. The first-order valence-electron chi connectivity index (χ1n) is 23.3. The summed E-state index contributed by atoms with van der Waals surface area (Å²) in [5.74, 6) is -3.19. The van der Waals surface area contributed by atoms with Crippen molar-refractivity contribution in [2.24, 2.45) is 23.7 Å². The lowest BCUT2D eigenvalue weighted by Gasteiger charge is -2.52. The maximum Gasteiger partial charge on any atom is 0.316 e. The van der Waals surface area contributed by atoms with Crippen LogP contribution in [0.25, 0.3) is 0 Å². The standard InChI is InChI=1S/C48H74O15/c1-11-24(2)43-28(6)35(49)22-47(63-43)21-33-18-32(62-47)16-15-26(4)42(25(3)13-12-14-31-23-56-45-40(50)27(5)17-34(46(52)59-33)48(31,45)53)60-39-20-37(55-10)44(30(8)58-39)61-38-19-36(54-9)41(51)29(7)57-38/h12-15,17,24-25,28-30,32-45,49-51,53H,11,16,18-23H2,1-10H3/b13-12+,26-15+,31-14+/t24-,25-,28-,29?,30?,32+,33-,34-,35?,36?,37?,38?,39?,40+,41?,42-,43+,44?,45+,47-,48+/m0/s1. The Bertz CT molecular complexity index is 1710. The van der Waals surface area contributed by atoms with Crippen LogP contribution in [0.5, 0.6) is 0 Å². The number of fused-ring (bicyclic) bond motifs is 2. The van der Waals surface area contributed by atoms with E-state index in [-0.39, 0.29) is 43.3 Å². The van der Waals surface area contributed by atoms with E-state index in [1.54, 1.807) is 40.2 Å². The van der Waals surface area contributed by atoms with E-state index in [9.17, 15) is 25.2 Å². The quantitative estimate of drug-likeness (QED) is 0.196. The van der Waals surface area contributed by atoms with Gasteiger partial charge in [0, 0.05) is 58.2 Å². The number of rotatable bonds is 8. The highest BCUT2D eigenvalue weighted by Gasteiger charge is 2.60. The number of aliphatic hydroxyl groups is 4. The van der Waals surface area contributed by atoms with E-state index in [2.05, 4.69) is 19.9 Å². The summed E-state index contributed by atoms with van der Waals surface area (Å²) in [7, 11) is 3.20. The number of carbonyl (C=O) groups is 1. The number of allylic oxidation sites excluding steroid dienone is 2. The average molecular weight is 891 g/mol. The summed E-state index contributed by atoms with van der Waals surface area (Å²) >= 11 is 0. The summed E-state index contributed by atoms with van der Waals surface area (Å²) in [6, 6.07) is 0. The summed E-state index contributed by atoms with van der Waals surface area (Å²) in [5.41, 5.74) is 0.0234. The van der Waals surface area contributed by atoms with Crippen LogP contribution in [0.2, 0.25) is 0 Å². The molecule has 15 nitrogen and oxygen atoms in total. The van der Waals surface area contributed by atoms with Crippen molar-refractivity contribution < 1.29 is 72.6 Å². The predicted octanol–water partition coefficient (Wildman–Crippen LogP) is 4.57. The number of ether oxygens (including phenoxy) is 10. The highest BCUT2D eigenvalue weighted by atomic mass is 16.7. The fourth-order valence-electron chi connectivity index (χ4n) is 11.0. The van der Waals surface area contributed by atoms with Gasteiger partial charge in [-0.25, -0.2) is 0 Å². The zero-order valence-corrected chi connectivity index (χ0v) is 38.8. The molecule has 7 aliphatic rings. The lowest BCUT2D eigenvalue weighted by Crippen LogP contribution is -2.60. The SMILES string of the molecule is CC[C@H](C)[C@H]1O[C@]2(CC(O)[C@@H]1C)C[C@@H]1C[C@@H](C/C=C(\C)[C@@H](OC3CC(OC)C(OC4CC(OC)C(O)C(C)O4)C(C)O3)[C@@H](C)/C=C/C=C3\CO[C@@H]4[C@H](O)C(C)=C[C@@H](C(=O)O1)[C@]34O)O2. The molecule has 5 fully saturated rings. The molecule has 356 valence electrons. The van der Waals surface area contributed by atoms with Crippen molar-refractivity contribution in [3.63, 3.8) is 0 Å². The summed E-state index contributed by atoms with van der Waals surface area (Å²) in [6.07, 6.45) is 3.00. The summed E-state index contributed by atoms with van der Waals surface area (Å²) in [6.45, 7) is 15.7. The number of methoxy groups -OCH3 is 2. The molecule has 15 heteroatoms. The van der Waals surface area contributed by atoms with Crippen LogP contribution in [-0.2, 0) is 52.2 Å². The third-order valence-electron chi connectivity index (χ3n) is 15.0. The van der Waals surface area contributed by atoms with Crippen LogP contribution in [0.4, 0.5) is 0 Å². The molecule has 7 rings (SSSR count). The normalized spacial score (nSPS) is 50.0. The van der Waals surface area contributed by atoms with Gasteiger partial charge in [0.25, 0.3) is 0 Å². The molecule has 6 aliphatic heterocycles. The molecule has 0 saturated carbocycles. The van der Waals surface area contributed by atoms with Gasteiger partial charge in [-0.2, -0.15) is 0 Å². The summed E-state index contributed by atoms with van der Waals surface area (Å²) in [4.78, 5) is 14.4. The molecule has 5 saturated heterocycles. The highest BCUT2D eigenvalue weighted by molar-refractivity contribution is 5.78. The second-order valence-corrected chi connectivity index (χ2v) is 19.5. The molecule has 63 heavy (non-hydrogen) atoms. The van der Waals surface area contributed by atoms with Gasteiger partial charge in [-0.1, -0.05) is 64.5 Å². The molecule has 0 aromatic rings. The van der Waals surface area contributed by atoms with Crippen LogP contribution in [0.15, 0.2) is 47.1 Å². The van der Waals surface area contributed by atoms with Gasteiger partial charge >= 0.3 is 5.97 Å². The number of carbonyl (C=O) groups excluding carboxylic acids is 1. The second kappa shape index (κ2) is 20.0. The van der Waals surface area contributed by atoms with E-state index >= 15 is 0 Å². The fourth-order valence-corrected chi connectivity index (χ4v) is 11.0. The van der Waals surface area contributed by atoms with Gasteiger partial charge in [0.15, 0.2) is 18.4 Å². The van der Waals surface area contributed by atoms with Crippen LogP contribution in [0.3, 0.4) is 0 Å². The number of aliphatic hydroxyl groups excluding tert-OH is 3. The zero-order valence-electron chi connectivity index (χ0n) is 38.8. The van der Waals surface area contributed by atoms with Crippen LogP contribution in [0, 0.1) is 23.7 Å². The van der Waals surface area contributed by atoms with Gasteiger partial charge < -0.3 is 67.8 Å². The molecule has 0 radical (unpaired) electrons. The molecular formula is C48H74O15. The summed E-state index contributed by atoms with van der Waals surface area (Å²) < 4.78 is 63.6. The Morgan fingerprint density at radius 1 is 0.889 bits per heavy atom. The molecule has 4 N–H and O–H groups in total. The minimum atomic E-state index is -1.87. The van der Waals surface area contributed by atoms with Gasteiger partial charge in [-0.15, -0.1) is 0 Å². The van der Waals surface area contributed by atoms with Gasteiger partial charge in [0.05, 0.1) is 55.4 Å².